The maximum atomic E-state index is 11.8. The van der Waals surface area contributed by atoms with E-state index in [2.05, 4.69) is 20.5 Å². The third kappa shape index (κ3) is 3.90. The standard InChI is InChI=1S/C16H10ClN5O4/c17-13-7-10(22(24)25)1-3-12(13)15-4-2-11(26-15)8-20-21-16(23)14-9-18-5-6-19-14/h1-9H,(H,21,23). The van der Waals surface area contributed by atoms with Gasteiger partial charge in [-0.15, -0.1) is 0 Å². The number of hydrazone groups is 1. The molecule has 0 saturated carbocycles. The number of halogens is 1. The molecule has 3 aromatic rings. The van der Waals surface area contributed by atoms with Gasteiger partial charge in [0, 0.05) is 30.1 Å². The van der Waals surface area contributed by atoms with Gasteiger partial charge in [-0.2, -0.15) is 5.10 Å². The number of aromatic nitrogens is 2. The normalized spacial score (nSPS) is 10.8. The number of nitrogens with zero attached hydrogens (tertiary/aromatic N) is 4. The van der Waals surface area contributed by atoms with Crippen LogP contribution in [0, 0.1) is 10.1 Å². The van der Waals surface area contributed by atoms with Gasteiger partial charge in [0.2, 0.25) is 0 Å². The lowest BCUT2D eigenvalue weighted by molar-refractivity contribution is -0.384. The van der Waals surface area contributed by atoms with E-state index in [1.54, 1.807) is 12.1 Å². The number of carbonyl (C=O) groups excluding carboxylic acids is 1. The first-order valence-electron chi connectivity index (χ1n) is 7.18. The zero-order chi connectivity index (χ0) is 18.5. The fraction of sp³-hybridized carbons (Fsp3) is 0. The van der Waals surface area contributed by atoms with Gasteiger partial charge >= 0.3 is 0 Å². The lowest BCUT2D eigenvalue weighted by Gasteiger charge is -2.00. The first kappa shape index (κ1) is 17.2. The fourth-order valence-electron chi connectivity index (χ4n) is 2.01. The molecule has 130 valence electrons. The molecule has 3 rings (SSSR count). The van der Waals surface area contributed by atoms with Gasteiger partial charge < -0.3 is 4.42 Å². The van der Waals surface area contributed by atoms with Crippen LogP contribution >= 0.6 is 11.6 Å². The molecule has 0 fully saturated rings. The number of non-ortho nitro benzene ring substituents is 1. The predicted octanol–water partition coefficient (Wildman–Crippen LogP) is 3.06. The smallest absolute Gasteiger partial charge is 0.291 e. The Balaban J connectivity index is 1.70. The molecule has 1 N–H and O–H groups in total. The highest BCUT2D eigenvalue weighted by molar-refractivity contribution is 6.33. The second kappa shape index (κ2) is 7.53. The quantitative estimate of drug-likeness (QED) is 0.417. The molecule has 0 spiro atoms. The van der Waals surface area contributed by atoms with Crippen LogP contribution in [0.25, 0.3) is 11.3 Å². The molecule has 0 unspecified atom stereocenters. The Kier molecular flexibility index (Phi) is 4.99. The Morgan fingerprint density at radius 3 is 2.85 bits per heavy atom. The van der Waals surface area contributed by atoms with Crippen molar-refractivity contribution in [2.75, 3.05) is 0 Å². The molecule has 1 amide bonds. The topological polar surface area (TPSA) is 124 Å². The SMILES string of the molecule is O=C(NN=Cc1ccc(-c2ccc([N+](=O)[O-])cc2Cl)o1)c1cnccn1. The Labute approximate surface area is 151 Å². The zero-order valence-electron chi connectivity index (χ0n) is 13.0. The van der Waals surface area contributed by atoms with Gasteiger partial charge in [-0.25, -0.2) is 10.4 Å². The predicted molar refractivity (Wildman–Crippen MR) is 92.9 cm³/mol. The summed E-state index contributed by atoms with van der Waals surface area (Å²) in [6, 6.07) is 7.33. The van der Waals surface area contributed by atoms with Gasteiger partial charge in [0.25, 0.3) is 11.6 Å². The van der Waals surface area contributed by atoms with Crippen LogP contribution in [-0.4, -0.2) is 27.0 Å². The van der Waals surface area contributed by atoms with Crippen LogP contribution in [0.15, 0.2) is 58.4 Å². The van der Waals surface area contributed by atoms with Crippen molar-refractivity contribution in [3.8, 4) is 11.3 Å². The number of hydrogen-bond donors (Lipinski definition) is 1. The van der Waals surface area contributed by atoms with Crippen molar-refractivity contribution in [1.29, 1.82) is 0 Å². The first-order valence-corrected chi connectivity index (χ1v) is 7.56. The van der Waals surface area contributed by atoms with E-state index in [1.807, 2.05) is 0 Å². The van der Waals surface area contributed by atoms with E-state index >= 15 is 0 Å². The van der Waals surface area contributed by atoms with Crippen LogP contribution in [0.1, 0.15) is 16.2 Å². The minimum atomic E-state index is -0.532. The van der Waals surface area contributed by atoms with Crippen molar-refractivity contribution in [2.45, 2.75) is 0 Å². The summed E-state index contributed by atoms with van der Waals surface area (Å²) in [6.07, 6.45) is 5.46. The lowest BCUT2D eigenvalue weighted by atomic mass is 10.1. The summed E-state index contributed by atoms with van der Waals surface area (Å²) in [6.45, 7) is 0. The number of rotatable bonds is 5. The molecule has 0 bridgehead atoms. The molecule has 26 heavy (non-hydrogen) atoms. The van der Waals surface area contributed by atoms with Crippen LogP contribution in [0.5, 0.6) is 0 Å². The average Bonchev–Trinajstić information content (AvgIpc) is 3.10. The molecular weight excluding hydrogens is 362 g/mol. The van der Waals surface area contributed by atoms with Crippen molar-refractivity contribution >= 4 is 29.4 Å². The van der Waals surface area contributed by atoms with E-state index in [-0.39, 0.29) is 16.4 Å². The number of carbonyl (C=O) groups is 1. The molecule has 0 aliphatic heterocycles. The van der Waals surface area contributed by atoms with Crippen molar-refractivity contribution in [1.82, 2.24) is 15.4 Å². The van der Waals surface area contributed by atoms with E-state index in [4.69, 9.17) is 16.0 Å². The van der Waals surface area contributed by atoms with Gasteiger partial charge in [-0.3, -0.25) is 19.9 Å². The minimum Gasteiger partial charge on any atom is -0.455 e. The maximum Gasteiger partial charge on any atom is 0.291 e. The molecule has 0 aliphatic carbocycles. The monoisotopic (exact) mass is 371 g/mol. The van der Waals surface area contributed by atoms with E-state index in [1.165, 1.54) is 43.0 Å². The Bertz CT molecular complexity index is 987. The van der Waals surface area contributed by atoms with Gasteiger partial charge in [-0.05, 0) is 18.2 Å². The Morgan fingerprint density at radius 1 is 1.31 bits per heavy atom. The summed E-state index contributed by atoms with van der Waals surface area (Å²) in [4.78, 5) is 29.6. The molecule has 0 aliphatic rings. The summed E-state index contributed by atoms with van der Waals surface area (Å²) in [7, 11) is 0. The number of furan rings is 1. The Hall–Kier alpha value is -3.59. The highest BCUT2D eigenvalue weighted by Gasteiger charge is 2.13. The number of benzene rings is 1. The number of nitro benzene ring substituents is 1. The largest absolute Gasteiger partial charge is 0.455 e. The van der Waals surface area contributed by atoms with Crippen molar-refractivity contribution in [3.05, 3.63) is 75.5 Å². The summed E-state index contributed by atoms with van der Waals surface area (Å²) in [5, 5.41) is 14.7. The molecule has 9 nitrogen and oxygen atoms in total. The van der Waals surface area contributed by atoms with Crippen molar-refractivity contribution in [3.63, 3.8) is 0 Å². The Morgan fingerprint density at radius 2 is 2.15 bits per heavy atom. The number of nitro groups is 1. The molecule has 0 atom stereocenters. The van der Waals surface area contributed by atoms with Gasteiger partial charge in [0.1, 0.15) is 17.2 Å². The summed E-state index contributed by atoms with van der Waals surface area (Å²) >= 11 is 6.06. The second-order valence-corrected chi connectivity index (χ2v) is 5.32. The van der Waals surface area contributed by atoms with Crippen LogP contribution in [0.4, 0.5) is 5.69 Å². The van der Waals surface area contributed by atoms with Gasteiger partial charge in [0.05, 0.1) is 22.4 Å². The van der Waals surface area contributed by atoms with Crippen LogP contribution in [-0.2, 0) is 0 Å². The molecule has 0 radical (unpaired) electrons. The summed E-state index contributed by atoms with van der Waals surface area (Å²) in [5.41, 5.74) is 2.81. The fourth-order valence-corrected chi connectivity index (χ4v) is 2.28. The number of nitrogens with one attached hydrogen (secondary N) is 1. The molecule has 10 heteroatoms. The molecule has 1 aromatic carbocycles. The van der Waals surface area contributed by atoms with E-state index in [0.717, 1.165) is 0 Å². The highest BCUT2D eigenvalue weighted by Crippen LogP contribution is 2.31. The van der Waals surface area contributed by atoms with Gasteiger partial charge in [-0.1, -0.05) is 11.6 Å². The molecule has 0 saturated heterocycles. The third-order valence-corrected chi connectivity index (χ3v) is 3.52. The highest BCUT2D eigenvalue weighted by atomic mass is 35.5. The van der Waals surface area contributed by atoms with Crippen molar-refractivity contribution in [2.24, 2.45) is 5.10 Å². The van der Waals surface area contributed by atoms with Gasteiger partial charge in [0.15, 0.2) is 0 Å². The summed E-state index contributed by atoms with van der Waals surface area (Å²) < 4.78 is 5.56. The van der Waals surface area contributed by atoms with E-state index in [9.17, 15) is 14.9 Å². The average molecular weight is 372 g/mol. The second-order valence-electron chi connectivity index (χ2n) is 4.91. The van der Waals surface area contributed by atoms with Crippen molar-refractivity contribution < 1.29 is 14.1 Å². The molecular formula is C16H10ClN5O4. The summed E-state index contributed by atoms with van der Waals surface area (Å²) in [5.74, 6) is 0.250. The maximum absolute atomic E-state index is 11.8. The molecule has 2 heterocycles. The van der Waals surface area contributed by atoms with Crippen LogP contribution < -0.4 is 5.43 Å². The zero-order valence-corrected chi connectivity index (χ0v) is 13.8. The first-order chi connectivity index (χ1) is 12.5. The minimum absolute atomic E-state index is 0.112. The van der Waals surface area contributed by atoms with E-state index in [0.29, 0.717) is 17.1 Å². The van der Waals surface area contributed by atoms with Crippen LogP contribution in [0.3, 0.4) is 0 Å². The van der Waals surface area contributed by atoms with Crippen LogP contribution in [0.2, 0.25) is 5.02 Å². The number of amides is 1. The van der Waals surface area contributed by atoms with E-state index < -0.39 is 10.8 Å². The number of hydrogen-bond acceptors (Lipinski definition) is 7. The third-order valence-electron chi connectivity index (χ3n) is 3.21. The molecule has 2 aromatic heterocycles. The lowest BCUT2D eigenvalue weighted by Crippen LogP contribution is -2.18.